The second-order valence-electron chi connectivity index (χ2n) is 3.96. The van der Waals surface area contributed by atoms with Crippen LogP contribution in [-0.2, 0) is 6.54 Å². The van der Waals surface area contributed by atoms with E-state index in [1.807, 2.05) is 16.7 Å². The standard InChI is InChI=1S/C13H11BrN4S/c14-12-4-5-19-13(12)7-15-10-2-1-3-11(6-10)18-8-16-17-9-18/h1-6,8-9,15H,7H2. The Labute approximate surface area is 123 Å². The van der Waals surface area contributed by atoms with E-state index in [2.05, 4.69) is 55.0 Å². The number of aromatic nitrogens is 3. The molecule has 0 atom stereocenters. The van der Waals surface area contributed by atoms with Gasteiger partial charge >= 0.3 is 0 Å². The number of thiophene rings is 1. The molecule has 0 fully saturated rings. The summed E-state index contributed by atoms with van der Waals surface area (Å²) in [4.78, 5) is 1.29. The summed E-state index contributed by atoms with van der Waals surface area (Å²) < 4.78 is 3.03. The summed E-state index contributed by atoms with van der Waals surface area (Å²) >= 11 is 5.27. The lowest BCUT2D eigenvalue weighted by Gasteiger charge is -2.08. The van der Waals surface area contributed by atoms with Crippen LogP contribution in [0.2, 0.25) is 0 Å². The van der Waals surface area contributed by atoms with Gasteiger partial charge < -0.3 is 5.32 Å². The lowest BCUT2D eigenvalue weighted by molar-refractivity contribution is 1.05. The van der Waals surface area contributed by atoms with Crippen molar-refractivity contribution in [2.75, 3.05) is 5.32 Å². The molecule has 0 unspecified atom stereocenters. The van der Waals surface area contributed by atoms with Crippen LogP contribution in [0.5, 0.6) is 0 Å². The molecular formula is C13H11BrN4S. The van der Waals surface area contributed by atoms with E-state index in [1.54, 1.807) is 24.0 Å². The topological polar surface area (TPSA) is 42.7 Å². The average Bonchev–Trinajstić information content (AvgIpc) is 3.08. The van der Waals surface area contributed by atoms with Crippen molar-refractivity contribution in [3.8, 4) is 5.69 Å². The van der Waals surface area contributed by atoms with Crippen molar-refractivity contribution in [2.24, 2.45) is 0 Å². The molecule has 19 heavy (non-hydrogen) atoms. The first-order chi connectivity index (χ1) is 9.33. The predicted molar refractivity (Wildman–Crippen MR) is 80.7 cm³/mol. The fourth-order valence-corrected chi connectivity index (χ4v) is 3.18. The van der Waals surface area contributed by atoms with Crippen LogP contribution in [0.15, 0.2) is 52.8 Å². The van der Waals surface area contributed by atoms with Crippen LogP contribution < -0.4 is 5.32 Å². The van der Waals surface area contributed by atoms with Crippen LogP contribution in [0.25, 0.3) is 5.69 Å². The van der Waals surface area contributed by atoms with Crippen molar-refractivity contribution in [1.29, 1.82) is 0 Å². The van der Waals surface area contributed by atoms with Gasteiger partial charge in [0.15, 0.2) is 0 Å². The summed E-state index contributed by atoms with van der Waals surface area (Å²) in [6.07, 6.45) is 3.38. The third-order valence-corrected chi connectivity index (χ3v) is 4.63. The Hall–Kier alpha value is -1.66. The van der Waals surface area contributed by atoms with E-state index < -0.39 is 0 Å². The number of benzene rings is 1. The molecule has 0 spiro atoms. The molecule has 0 radical (unpaired) electrons. The quantitative estimate of drug-likeness (QED) is 0.790. The smallest absolute Gasteiger partial charge is 0.123 e. The first kappa shape index (κ1) is 12.4. The van der Waals surface area contributed by atoms with Crippen LogP contribution in [0, 0.1) is 0 Å². The molecule has 0 amide bonds. The van der Waals surface area contributed by atoms with E-state index >= 15 is 0 Å². The third kappa shape index (κ3) is 2.85. The first-order valence-electron chi connectivity index (χ1n) is 5.74. The van der Waals surface area contributed by atoms with Crippen molar-refractivity contribution < 1.29 is 0 Å². The molecule has 2 heterocycles. The van der Waals surface area contributed by atoms with Gasteiger partial charge in [0.05, 0.1) is 12.2 Å². The van der Waals surface area contributed by atoms with Crippen LogP contribution in [0.3, 0.4) is 0 Å². The minimum absolute atomic E-state index is 0.809. The highest BCUT2D eigenvalue weighted by atomic mass is 79.9. The highest BCUT2D eigenvalue weighted by molar-refractivity contribution is 9.10. The van der Waals surface area contributed by atoms with E-state index in [-0.39, 0.29) is 0 Å². The lowest BCUT2D eigenvalue weighted by atomic mass is 10.2. The molecule has 4 nitrogen and oxygen atoms in total. The van der Waals surface area contributed by atoms with Gasteiger partial charge in [-0.05, 0) is 45.6 Å². The van der Waals surface area contributed by atoms with E-state index in [0.29, 0.717) is 0 Å². The monoisotopic (exact) mass is 334 g/mol. The van der Waals surface area contributed by atoms with Crippen molar-refractivity contribution in [3.63, 3.8) is 0 Å². The van der Waals surface area contributed by atoms with Gasteiger partial charge in [0, 0.05) is 15.0 Å². The maximum atomic E-state index is 3.81. The molecule has 0 saturated heterocycles. The SMILES string of the molecule is Brc1ccsc1CNc1cccc(-n2cnnc2)c1. The molecule has 0 aliphatic rings. The maximum Gasteiger partial charge on any atom is 0.123 e. The number of nitrogens with one attached hydrogen (secondary N) is 1. The predicted octanol–water partition coefficient (Wildman–Crippen LogP) is 3.70. The second-order valence-corrected chi connectivity index (χ2v) is 5.82. The fraction of sp³-hybridized carbons (Fsp3) is 0.0769. The Bertz CT molecular complexity index is 663. The summed E-state index contributed by atoms with van der Waals surface area (Å²) in [5.41, 5.74) is 2.12. The molecule has 96 valence electrons. The normalized spacial score (nSPS) is 10.6. The van der Waals surface area contributed by atoms with Crippen LogP contribution in [0.4, 0.5) is 5.69 Å². The highest BCUT2D eigenvalue weighted by Crippen LogP contribution is 2.24. The Morgan fingerprint density at radius 2 is 2.05 bits per heavy atom. The van der Waals surface area contributed by atoms with Gasteiger partial charge in [0.25, 0.3) is 0 Å². The second kappa shape index (κ2) is 5.54. The molecule has 0 aliphatic heterocycles. The van der Waals surface area contributed by atoms with Crippen LogP contribution in [0.1, 0.15) is 4.88 Å². The van der Waals surface area contributed by atoms with E-state index in [0.717, 1.165) is 22.4 Å². The van der Waals surface area contributed by atoms with E-state index in [9.17, 15) is 0 Å². The summed E-state index contributed by atoms with van der Waals surface area (Å²) in [6.45, 7) is 0.809. The zero-order valence-electron chi connectivity index (χ0n) is 9.95. The van der Waals surface area contributed by atoms with E-state index in [1.165, 1.54) is 4.88 Å². The zero-order valence-corrected chi connectivity index (χ0v) is 12.4. The fourth-order valence-electron chi connectivity index (χ4n) is 1.74. The lowest BCUT2D eigenvalue weighted by Crippen LogP contribution is -1.99. The van der Waals surface area contributed by atoms with E-state index in [4.69, 9.17) is 0 Å². The number of hydrogen-bond donors (Lipinski definition) is 1. The molecule has 0 saturated carbocycles. The minimum Gasteiger partial charge on any atom is -0.380 e. The number of hydrogen-bond acceptors (Lipinski definition) is 4. The minimum atomic E-state index is 0.809. The summed E-state index contributed by atoms with van der Waals surface area (Å²) in [5.74, 6) is 0. The zero-order chi connectivity index (χ0) is 13.1. The van der Waals surface area contributed by atoms with Crippen LogP contribution >= 0.6 is 27.3 Å². The Balaban J connectivity index is 1.75. The molecule has 3 rings (SSSR count). The molecule has 2 aromatic heterocycles. The molecule has 6 heteroatoms. The van der Waals surface area contributed by atoms with Crippen molar-refractivity contribution in [1.82, 2.24) is 14.8 Å². The number of rotatable bonds is 4. The van der Waals surface area contributed by atoms with Gasteiger partial charge in [-0.3, -0.25) is 4.57 Å². The first-order valence-corrected chi connectivity index (χ1v) is 7.41. The Morgan fingerprint density at radius 3 is 2.79 bits per heavy atom. The average molecular weight is 335 g/mol. The van der Waals surface area contributed by atoms with Gasteiger partial charge in [0.2, 0.25) is 0 Å². The molecule has 1 N–H and O–H groups in total. The summed E-state index contributed by atoms with van der Waals surface area (Å²) in [5, 5.41) is 13.1. The largest absolute Gasteiger partial charge is 0.380 e. The number of nitrogens with zero attached hydrogens (tertiary/aromatic N) is 3. The van der Waals surface area contributed by atoms with Crippen molar-refractivity contribution in [3.05, 3.63) is 57.7 Å². The number of anilines is 1. The maximum absolute atomic E-state index is 3.81. The van der Waals surface area contributed by atoms with Gasteiger partial charge in [-0.25, -0.2) is 0 Å². The molecule has 1 aromatic carbocycles. The molecule has 0 bridgehead atoms. The van der Waals surface area contributed by atoms with Crippen molar-refractivity contribution in [2.45, 2.75) is 6.54 Å². The molecule has 0 aliphatic carbocycles. The van der Waals surface area contributed by atoms with Crippen LogP contribution in [-0.4, -0.2) is 14.8 Å². The van der Waals surface area contributed by atoms with Gasteiger partial charge in [-0.15, -0.1) is 21.5 Å². The third-order valence-electron chi connectivity index (χ3n) is 2.71. The highest BCUT2D eigenvalue weighted by Gasteiger charge is 2.02. The number of halogens is 1. The van der Waals surface area contributed by atoms with Gasteiger partial charge in [0.1, 0.15) is 12.7 Å². The Morgan fingerprint density at radius 1 is 1.21 bits per heavy atom. The summed E-state index contributed by atoms with van der Waals surface area (Å²) in [6, 6.07) is 10.2. The molecular weight excluding hydrogens is 324 g/mol. The Kier molecular flexibility index (Phi) is 3.61. The summed E-state index contributed by atoms with van der Waals surface area (Å²) in [7, 11) is 0. The van der Waals surface area contributed by atoms with Gasteiger partial charge in [-0.1, -0.05) is 6.07 Å². The van der Waals surface area contributed by atoms with Gasteiger partial charge in [-0.2, -0.15) is 0 Å². The molecule has 3 aromatic rings. The van der Waals surface area contributed by atoms with Crippen molar-refractivity contribution >= 4 is 33.0 Å².